The third-order valence-corrected chi connectivity index (χ3v) is 5.46. The van der Waals surface area contributed by atoms with Crippen LogP contribution in [0.3, 0.4) is 0 Å². The SMILES string of the molecule is CNc1cc(-c2ccc(CN(O)SN3CCOCC3)cc2)c2cc[nH]c2n1. The van der Waals surface area contributed by atoms with E-state index in [2.05, 4.69) is 49.9 Å². The number of morpholine rings is 1. The normalized spacial score (nSPS) is 15.5. The van der Waals surface area contributed by atoms with E-state index in [9.17, 15) is 5.21 Å². The average Bonchev–Trinajstić information content (AvgIpc) is 3.17. The number of hydrogen-bond donors (Lipinski definition) is 3. The van der Waals surface area contributed by atoms with Crippen LogP contribution in [-0.4, -0.2) is 57.3 Å². The molecule has 142 valence electrons. The zero-order valence-corrected chi connectivity index (χ0v) is 16.0. The van der Waals surface area contributed by atoms with E-state index in [1.165, 1.54) is 16.6 Å². The number of aromatic amines is 1. The molecule has 4 rings (SSSR count). The molecule has 1 aromatic carbocycles. The second kappa shape index (κ2) is 8.28. The van der Waals surface area contributed by atoms with Crippen molar-refractivity contribution < 1.29 is 9.94 Å². The summed E-state index contributed by atoms with van der Waals surface area (Å²) < 4.78 is 8.71. The van der Waals surface area contributed by atoms with Gasteiger partial charge in [-0.3, -0.25) is 0 Å². The number of rotatable bonds is 6. The van der Waals surface area contributed by atoms with Crippen LogP contribution in [-0.2, 0) is 11.3 Å². The molecule has 27 heavy (non-hydrogen) atoms. The van der Waals surface area contributed by atoms with E-state index < -0.39 is 0 Å². The maximum absolute atomic E-state index is 10.2. The van der Waals surface area contributed by atoms with Crippen LogP contribution in [0.4, 0.5) is 5.82 Å². The molecular formula is C19H23N5O2S. The number of nitrogens with zero attached hydrogens (tertiary/aromatic N) is 3. The monoisotopic (exact) mass is 385 g/mol. The Labute approximate surface area is 162 Å². The Bertz CT molecular complexity index is 893. The molecule has 3 aromatic rings. The fourth-order valence-corrected chi connectivity index (χ4v) is 3.93. The van der Waals surface area contributed by atoms with Crippen molar-refractivity contribution in [3.63, 3.8) is 0 Å². The van der Waals surface area contributed by atoms with Gasteiger partial charge in [-0.1, -0.05) is 24.3 Å². The van der Waals surface area contributed by atoms with E-state index in [1.54, 1.807) is 0 Å². The van der Waals surface area contributed by atoms with Crippen LogP contribution in [0.15, 0.2) is 42.6 Å². The van der Waals surface area contributed by atoms with Gasteiger partial charge in [0, 0.05) is 43.9 Å². The summed E-state index contributed by atoms with van der Waals surface area (Å²) in [6, 6.07) is 12.4. The highest BCUT2D eigenvalue weighted by Gasteiger charge is 2.15. The van der Waals surface area contributed by atoms with Gasteiger partial charge in [-0.25, -0.2) is 9.29 Å². The first-order valence-electron chi connectivity index (χ1n) is 8.95. The van der Waals surface area contributed by atoms with Gasteiger partial charge in [0.05, 0.1) is 19.8 Å². The fraction of sp³-hybridized carbons (Fsp3) is 0.316. The summed E-state index contributed by atoms with van der Waals surface area (Å²) in [5.74, 6) is 0.826. The first-order valence-corrected chi connectivity index (χ1v) is 9.68. The van der Waals surface area contributed by atoms with E-state index in [1.807, 2.05) is 19.3 Å². The molecular weight excluding hydrogens is 362 g/mol. The molecule has 3 heterocycles. The molecule has 1 saturated heterocycles. The molecule has 0 aliphatic carbocycles. The van der Waals surface area contributed by atoms with Crippen molar-refractivity contribution in [2.75, 3.05) is 38.7 Å². The topological polar surface area (TPSA) is 76.7 Å². The molecule has 1 aliphatic rings. The molecule has 0 bridgehead atoms. The van der Waals surface area contributed by atoms with Gasteiger partial charge < -0.3 is 20.2 Å². The summed E-state index contributed by atoms with van der Waals surface area (Å²) in [5, 5.41) is 14.4. The van der Waals surface area contributed by atoms with Crippen LogP contribution in [0.5, 0.6) is 0 Å². The Morgan fingerprint density at radius 2 is 2.04 bits per heavy atom. The van der Waals surface area contributed by atoms with Gasteiger partial charge in [-0.05, 0) is 28.8 Å². The predicted molar refractivity (Wildman–Crippen MR) is 108 cm³/mol. The number of hydroxylamine groups is 1. The minimum Gasteiger partial charge on any atom is -0.379 e. The Balaban J connectivity index is 1.48. The van der Waals surface area contributed by atoms with E-state index in [-0.39, 0.29) is 0 Å². The molecule has 2 aromatic heterocycles. The lowest BCUT2D eigenvalue weighted by Gasteiger charge is -2.27. The van der Waals surface area contributed by atoms with Crippen molar-refractivity contribution in [1.29, 1.82) is 0 Å². The van der Waals surface area contributed by atoms with Gasteiger partial charge in [0.2, 0.25) is 0 Å². The molecule has 1 fully saturated rings. The lowest BCUT2D eigenvalue weighted by molar-refractivity contribution is -0.000549. The molecule has 0 atom stereocenters. The van der Waals surface area contributed by atoms with Gasteiger partial charge >= 0.3 is 0 Å². The van der Waals surface area contributed by atoms with Crippen molar-refractivity contribution in [1.82, 2.24) is 18.7 Å². The number of ether oxygens (including phenoxy) is 1. The fourth-order valence-electron chi connectivity index (χ4n) is 3.14. The van der Waals surface area contributed by atoms with E-state index >= 15 is 0 Å². The average molecular weight is 385 g/mol. The molecule has 0 saturated carbocycles. The highest BCUT2D eigenvalue weighted by molar-refractivity contribution is 7.94. The molecule has 0 amide bonds. The molecule has 0 unspecified atom stereocenters. The van der Waals surface area contributed by atoms with Crippen molar-refractivity contribution in [3.05, 3.63) is 48.2 Å². The summed E-state index contributed by atoms with van der Waals surface area (Å²) in [7, 11) is 1.87. The van der Waals surface area contributed by atoms with Crippen LogP contribution < -0.4 is 5.32 Å². The molecule has 0 spiro atoms. The van der Waals surface area contributed by atoms with Crippen LogP contribution in [0.2, 0.25) is 0 Å². The van der Waals surface area contributed by atoms with Gasteiger partial charge in [0.15, 0.2) is 0 Å². The lowest BCUT2D eigenvalue weighted by atomic mass is 10.0. The van der Waals surface area contributed by atoms with Crippen LogP contribution in [0, 0.1) is 0 Å². The van der Waals surface area contributed by atoms with Crippen molar-refractivity contribution >= 4 is 29.0 Å². The highest BCUT2D eigenvalue weighted by Crippen LogP contribution is 2.30. The molecule has 0 radical (unpaired) electrons. The standard InChI is InChI=1S/C19H23N5O2S/c1-20-18-12-17(16-6-7-21-19(16)22-18)15-4-2-14(3-5-15)13-24(25)27-23-8-10-26-11-9-23/h2-7,12,25H,8-11,13H2,1H3,(H2,20,21,22). The zero-order chi connectivity index (χ0) is 18.6. The Kier molecular flexibility index (Phi) is 5.61. The summed E-state index contributed by atoms with van der Waals surface area (Å²) in [5.41, 5.74) is 4.16. The van der Waals surface area contributed by atoms with Crippen molar-refractivity contribution in [2.24, 2.45) is 0 Å². The molecule has 3 N–H and O–H groups in total. The molecule has 7 nitrogen and oxygen atoms in total. The van der Waals surface area contributed by atoms with Crippen molar-refractivity contribution in [2.45, 2.75) is 6.54 Å². The first-order chi connectivity index (χ1) is 13.2. The number of pyridine rings is 1. The largest absolute Gasteiger partial charge is 0.379 e. The number of nitrogens with one attached hydrogen (secondary N) is 2. The van der Waals surface area contributed by atoms with E-state index in [0.29, 0.717) is 19.8 Å². The zero-order valence-electron chi connectivity index (χ0n) is 15.2. The van der Waals surface area contributed by atoms with Crippen LogP contribution in [0.25, 0.3) is 22.2 Å². The summed E-state index contributed by atoms with van der Waals surface area (Å²) in [4.78, 5) is 7.70. The predicted octanol–water partition coefficient (Wildman–Crippen LogP) is 3.36. The Morgan fingerprint density at radius 1 is 1.26 bits per heavy atom. The first kappa shape index (κ1) is 18.3. The Hall–Kier alpha value is -2.10. The van der Waals surface area contributed by atoms with Gasteiger partial charge in [0.25, 0.3) is 0 Å². The summed E-state index contributed by atoms with van der Waals surface area (Å²) >= 11 is 1.35. The number of aromatic nitrogens is 2. The number of benzene rings is 1. The van der Waals surface area contributed by atoms with Crippen molar-refractivity contribution in [3.8, 4) is 11.1 Å². The minimum atomic E-state index is 0.458. The lowest BCUT2D eigenvalue weighted by Crippen LogP contribution is -2.33. The maximum atomic E-state index is 10.2. The van der Waals surface area contributed by atoms with Gasteiger partial charge in [-0.2, -0.15) is 0 Å². The third kappa shape index (κ3) is 4.26. The third-order valence-electron chi connectivity index (χ3n) is 4.55. The van der Waals surface area contributed by atoms with Crippen LogP contribution >= 0.6 is 12.1 Å². The number of anilines is 1. The molecule has 1 aliphatic heterocycles. The Morgan fingerprint density at radius 3 is 2.78 bits per heavy atom. The minimum absolute atomic E-state index is 0.458. The summed E-state index contributed by atoms with van der Waals surface area (Å²) in [6.07, 6.45) is 1.90. The second-order valence-corrected chi connectivity index (χ2v) is 7.48. The number of hydrogen-bond acceptors (Lipinski definition) is 7. The van der Waals surface area contributed by atoms with E-state index in [4.69, 9.17) is 4.74 Å². The number of fused-ring (bicyclic) bond motifs is 1. The van der Waals surface area contributed by atoms with Crippen LogP contribution in [0.1, 0.15) is 5.56 Å². The van der Waals surface area contributed by atoms with E-state index in [0.717, 1.165) is 46.6 Å². The summed E-state index contributed by atoms with van der Waals surface area (Å²) in [6.45, 7) is 3.53. The number of H-pyrrole nitrogens is 1. The van der Waals surface area contributed by atoms with Gasteiger partial charge in [0.1, 0.15) is 11.5 Å². The highest BCUT2D eigenvalue weighted by atomic mass is 32.2. The van der Waals surface area contributed by atoms with Gasteiger partial charge in [-0.15, -0.1) is 4.47 Å². The molecule has 8 heteroatoms. The quantitative estimate of drug-likeness (QED) is 0.444. The smallest absolute Gasteiger partial charge is 0.140 e. The maximum Gasteiger partial charge on any atom is 0.140 e. The second-order valence-electron chi connectivity index (χ2n) is 6.38.